The molecule has 0 aliphatic heterocycles. The van der Waals surface area contributed by atoms with E-state index in [0.29, 0.717) is 5.69 Å². The molecular weight excluding hydrogens is 348 g/mol. The summed E-state index contributed by atoms with van der Waals surface area (Å²) < 4.78 is 30.4. The number of imidazole rings is 1. The van der Waals surface area contributed by atoms with Gasteiger partial charge in [-0.15, -0.1) is 0 Å². The third-order valence-electron chi connectivity index (χ3n) is 3.44. The van der Waals surface area contributed by atoms with Crippen LogP contribution >= 0.6 is 11.8 Å². The lowest BCUT2D eigenvalue weighted by Gasteiger charge is -2.07. The summed E-state index contributed by atoms with van der Waals surface area (Å²) in [7, 11) is 1.90. The molecule has 25 heavy (non-hydrogen) atoms. The molecule has 0 radical (unpaired) electrons. The summed E-state index contributed by atoms with van der Waals surface area (Å²) >= 11 is 1.33. The van der Waals surface area contributed by atoms with Gasteiger partial charge in [-0.25, -0.2) is 4.98 Å². The van der Waals surface area contributed by atoms with E-state index in [-0.39, 0.29) is 17.4 Å². The minimum atomic E-state index is -2.87. The molecule has 3 rings (SSSR count). The second-order valence-corrected chi connectivity index (χ2v) is 6.12. The number of nitrogens with one attached hydrogen (secondary N) is 1. The van der Waals surface area contributed by atoms with Crippen molar-refractivity contribution in [1.29, 1.82) is 0 Å². The molecule has 0 aliphatic rings. The maximum Gasteiger partial charge on any atom is 0.387 e. The van der Waals surface area contributed by atoms with E-state index in [9.17, 15) is 13.6 Å². The first-order chi connectivity index (χ1) is 12.0. The van der Waals surface area contributed by atoms with E-state index in [1.54, 1.807) is 0 Å². The van der Waals surface area contributed by atoms with Crippen LogP contribution in [0.15, 0.2) is 53.7 Å². The number of amides is 1. The maximum atomic E-state index is 12.1. The molecule has 0 bridgehead atoms. The van der Waals surface area contributed by atoms with Gasteiger partial charge in [0.15, 0.2) is 5.16 Å². The molecule has 0 saturated carbocycles. The number of fused-ring (bicyclic) bond motifs is 1. The van der Waals surface area contributed by atoms with Gasteiger partial charge in [0.25, 0.3) is 0 Å². The number of aryl methyl sites for hydroxylation is 1. The van der Waals surface area contributed by atoms with E-state index in [2.05, 4.69) is 15.0 Å². The van der Waals surface area contributed by atoms with Crippen LogP contribution in [0, 0.1) is 0 Å². The van der Waals surface area contributed by atoms with Gasteiger partial charge in [-0.3, -0.25) is 4.79 Å². The molecule has 1 amide bonds. The number of thioether (sulfide) groups is 1. The van der Waals surface area contributed by atoms with Crippen LogP contribution in [-0.2, 0) is 11.8 Å². The van der Waals surface area contributed by atoms with Gasteiger partial charge in [-0.1, -0.05) is 23.9 Å². The second-order valence-electron chi connectivity index (χ2n) is 5.18. The van der Waals surface area contributed by atoms with Crippen molar-refractivity contribution in [2.24, 2.45) is 7.05 Å². The Hall–Kier alpha value is -2.61. The normalized spacial score (nSPS) is 11.0. The van der Waals surface area contributed by atoms with E-state index in [1.165, 1.54) is 36.0 Å². The molecule has 0 saturated heterocycles. The highest BCUT2D eigenvalue weighted by Crippen LogP contribution is 2.23. The van der Waals surface area contributed by atoms with Crippen LogP contribution in [0.3, 0.4) is 0 Å². The highest BCUT2D eigenvalue weighted by Gasteiger charge is 2.11. The molecule has 1 heterocycles. The van der Waals surface area contributed by atoms with Crippen LogP contribution in [0.25, 0.3) is 11.0 Å². The Morgan fingerprint density at radius 1 is 1.24 bits per heavy atom. The molecule has 0 unspecified atom stereocenters. The van der Waals surface area contributed by atoms with Crippen LogP contribution in [0.1, 0.15) is 0 Å². The monoisotopic (exact) mass is 363 g/mol. The Morgan fingerprint density at radius 2 is 1.96 bits per heavy atom. The average molecular weight is 363 g/mol. The first kappa shape index (κ1) is 17.2. The van der Waals surface area contributed by atoms with Crippen LogP contribution in [-0.4, -0.2) is 27.8 Å². The van der Waals surface area contributed by atoms with Crippen LogP contribution in [0.4, 0.5) is 14.5 Å². The van der Waals surface area contributed by atoms with Crippen molar-refractivity contribution in [1.82, 2.24) is 9.55 Å². The molecular formula is C17H15F2N3O2S. The zero-order chi connectivity index (χ0) is 17.8. The Morgan fingerprint density at radius 3 is 2.64 bits per heavy atom. The van der Waals surface area contributed by atoms with Gasteiger partial charge < -0.3 is 14.6 Å². The molecule has 1 aromatic heterocycles. The number of carbonyl (C=O) groups excluding carboxylic acids is 1. The lowest BCUT2D eigenvalue weighted by molar-refractivity contribution is -0.113. The molecule has 2 aromatic carbocycles. The maximum absolute atomic E-state index is 12.1. The van der Waals surface area contributed by atoms with E-state index in [0.717, 1.165) is 16.2 Å². The number of carbonyl (C=O) groups is 1. The van der Waals surface area contributed by atoms with Crippen LogP contribution in [0.2, 0.25) is 0 Å². The van der Waals surface area contributed by atoms with Crippen molar-refractivity contribution >= 4 is 34.4 Å². The standard InChI is InChI=1S/C17H15F2N3O2S/c1-22-14-5-3-2-4-13(14)21-17(22)25-10-15(23)20-11-6-8-12(9-7-11)24-16(18)19/h2-9,16H,10H2,1H3,(H,20,23). The topological polar surface area (TPSA) is 56.2 Å². The number of halogens is 2. The summed E-state index contributed by atoms with van der Waals surface area (Å²) in [6.45, 7) is -2.87. The predicted octanol–water partition coefficient (Wildman–Crippen LogP) is 3.91. The number of rotatable bonds is 6. The molecule has 0 atom stereocenters. The molecule has 5 nitrogen and oxygen atoms in total. The zero-order valence-corrected chi connectivity index (χ0v) is 14.1. The molecule has 0 aliphatic carbocycles. The number of ether oxygens (including phenoxy) is 1. The van der Waals surface area contributed by atoms with E-state index < -0.39 is 6.61 Å². The summed E-state index contributed by atoms with van der Waals surface area (Å²) in [5.41, 5.74) is 2.39. The van der Waals surface area contributed by atoms with Gasteiger partial charge in [-0.2, -0.15) is 8.78 Å². The van der Waals surface area contributed by atoms with Crippen LogP contribution < -0.4 is 10.1 Å². The number of para-hydroxylation sites is 2. The predicted molar refractivity (Wildman–Crippen MR) is 93.1 cm³/mol. The summed E-state index contributed by atoms with van der Waals surface area (Å²) in [6, 6.07) is 13.5. The molecule has 0 fully saturated rings. The Labute approximate surface area is 147 Å². The van der Waals surface area contributed by atoms with Gasteiger partial charge in [0.1, 0.15) is 5.75 Å². The summed E-state index contributed by atoms with van der Waals surface area (Å²) in [5.74, 6) is 0.0218. The van der Waals surface area contributed by atoms with E-state index in [1.807, 2.05) is 35.9 Å². The van der Waals surface area contributed by atoms with Crippen molar-refractivity contribution in [3.8, 4) is 5.75 Å². The third kappa shape index (κ3) is 4.27. The first-order valence-electron chi connectivity index (χ1n) is 7.42. The minimum absolute atomic E-state index is 0.0436. The number of nitrogens with zero attached hydrogens (tertiary/aromatic N) is 2. The van der Waals surface area contributed by atoms with Gasteiger partial charge in [0.2, 0.25) is 5.91 Å². The Bertz CT molecular complexity index is 881. The first-order valence-corrected chi connectivity index (χ1v) is 8.40. The van der Waals surface area contributed by atoms with Crippen LogP contribution in [0.5, 0.6) is 5.75 Å². The quantitative estimate of drug-likeness (QED) is 0.675. The molecule has 130 valence electrons. The van der Waals surface area contributed by atoms with Gasteiger partial charge in [0.05, 0.1) is 16.8 Å². The lowest BCUT2D eigenvalue weighted by Crippen LogP contribution is -2.14. The molecule has 8 heteroatoms. The zero-order valence-electron chi connectivity index (χ0n) is 13.3. The summed E-state index contributed by atoms with van der Waals surface area (Å²) in [4.78, 5) is 16.5. The number of aromatic nitrogens is 2. The Balaban J connectivity index is 1.58. The van der Waals surface area contributed by atoms with Gasteiger partial charge in [0, 0.05) is 12.7 Å². The molecule has 3 aromatic rings. The number of hydrogen-bond acceptors (Lipinski definition) is 4. The van der Waals surface area contributed by atoms with Gasteiger partial charge >= 0.3 is 6.61 Å². The number of alkyl halides is 2. The minimum Gasteiger partial charge on any atom is -0.435 e. The highest BCUT2D eigenvalue weighted by atomic mass is 32.2. The number of hydrogen-bond donors (Lipinski definition) is 1. The number of anilines is 1. The van der Waals surface area contributed by atoms with Crippen molar-refractivity contribution in [2.75, 3.05) is 11.1 Å². The van der Waals surface area contributed by atoms with Crippen molar-refractivity contribution < 1.29 is 18.3 Å². The average Bonchev–Trinajstić information content (AvgIpc) is 2.91. The van der Waals surface area contributed by atoms with E-state index >= 15 is 0 Å². The third-order valence-corrected chi connectivity index (χ3v) is 4.47. The Kier molecular flexibility index (Phi) is 5.18. The van der Waals surface area contributed by atoms with Crippen molar-refractivity contribution in [3.63, 3.8) is 0 Å². The van der Waals surface area contributed by atoms with Crippen molar-refractivity contribution in [3.05, 3.63) is 48.5 Å². The lowest BCUT2D eigenvalue weighted by atomic mass is 10.3. The smallest absolute Gasteiger partial charge is 0.387 e. The second kappa shape index (κ2) is 7.52. The van der Waals surface area contributed by atoms with Crippen molar-refractivity contribution in [2.45, 2.75) is 11.8 Å². The summed E-state index contributed by atoms with van der Waals surface area (Å²) in [6.07, 6.45) is 0. The largest absolute Gasteiger partial charge is 0.435 e. The fourth-order valence-electron chi connectivity index (χ4n) is 2.30. The number of benzene rings is 2. The molecule has 1 N–H and O–H groups in total. The molecule has 0 spiro atoms. The highest BCUT2D eigenvalue weighted by molar-refractivity contribution is 7.99. The SMILES string of the molecule is Cn1c(SCC(=O)Nc2ccc(OC(F)F)cc2)nc2ccccc21. The summed E-state index contributed by atoms with van der Waals surface area (Å²) in [5, 5.41) is 3.45. The fraction of sp³-hybridized carbons (Fsp3) is 0.176. The van der Waals surface area contributed by atoms with E-state index in [4.69, 9.17) is 0 Å². The fourth-order valence-corrected chi connectivity index (χ4v) is 3.09. The van der Waals surface area contributed by atoms with Gasteiger partial charge in [-0.05, 0) is 36.4 Å².